The van der Waals surface area contributed by atoms with Crippen LogP contribution >= 0.6 is 11.6 Å². The first kappa shape index (κ1) is 18.6. The molecule has 0 bridgehead atoms. The van der Waals surface area contributed by atoms with Gasteiger partial charge in [-0.3, -0.25) is 9.59 Å². The van der Waals surface area contributed by atoms with E-state index in [0.29, 0.717) is 49.4 Å². The zero-order chi connectivity index (χ0) is 18.5. The molecule has 0 radical (unpaired) electrons. The first-order valence-electron chi connectivity index (χ1n) is 8.81. The fourth-order valence-corrected chi connectivity index (χ4v) is 3.40. The number of hydrogen-bond donors (Lipinski definition) is 0. The van der Waals surface area contributed by atoms with Gasteiger partial charge in [0, 0.05) is 19.2 Å². The van der Waals surface area contributed by atoms with Gasteiger partial charge in [-0.05, 0) is 43.5 Å². The molecule has 2 aliphatic heterocycles. The third-order valence-corrected chi connectivity index (χ3v) is 4.67. The number of rotatable bonds is 4. The van der Waals surface area contributed by atoms with Crippen molar-refractivity contribution in [2.45, 2.75) is 19.8 Å². The lowest BCUT2D eigenvalue weighted by molar-refractivity contribution is -0.150. The van der Waals surface area contributed by atoms with Gasteiger partial charge in [-0.25, -0.2) is 0 Å². The summed E-state index contributed by atoms with van der Waals surface area (Å²) in [7, 11) is 0. The molecule has 0 unspecified atom stereocenters. The highest BCUT2D eigenvalue weighted by Crippen LogP contribution is 2.38. The number of carbonyl (C=O) groups excluding carboxylic acids is 2. The number of nitrogens with zero attached hydrogens (tertiary/aromatic N) is 1. The highest BCUT2D eigenvalue weighted by molar-refractivity contribution is 6.32. The van der Waals surface area contributed by atoms with Crippen molar-refractivity contribution >= 4 is 29.6 Å². The standard InChI is InChI=1S/C19H22ClNO5/c1-2-24-19(23)14-4-3-7-21(12-14)17(22)6-5-13-10-15(20)18-16(11-13)25-8-9-26-18/h5-6,10-11,14H,2-4,7-9,12H2,1H3/b6-5+/t14-/m0/s1. The van der Waals surface area contributed by atoms with Gasteiger partial charge >= 0.3 is 5.97 Å². The summed E-state index contributed by atoms with van der Waals surface area (Å²) in [6, 6.07) is 3.53. The van der Waals surface area contributed by atoms with Crippen molar-refractivity contribution in [3.05, 3.63) is 28.8 Å². The lowest BCUT2D eigenvalue weighted by Gasteiger charge is -2.30. The quantitative estimate of drug-likeness (QED) is 0.594. The van der Waals surface area contributed by atoms with Crippen LogP contribution in [0.4, 0.5) is 0 Å². The second-order valence-electron chi connectivity index (χ2n) is 6.24. The lowest BCUT2D eigenvalue weighted by Crippen LogP contribution is -2.42. The molecule has 1 atom stereocenters. The van der Waals surface area contributed by atoms with E-state index in [9.17, 15) is 9.59 Å². The van der Waals surface area contributed by atoms with Gasteiger partial charge in [0.25, 0.3) is 0 Å². The number of hydrogen-bond acceptors (Lipinski definition) is 5. The van der Waals surface area contributed by atoms with Crippen molar-refractivity contribution in [3.63, 3.8) is 0 Å². The Morgan fingerprint density at radius 3 is 2.96 bits per heavy atom. The minimum Gasteiger partial charge on any atom is -0.486 e. The summed E-state index contributed by atoms with van der Waals surface area (Å²) in [5, 5.41) is 0.453. The normalized spacial score (nSPS) is 19.5. The summed E-state index contributed by atoms with van der Waals surface area (Å²) in [5.74, 6) is 0.508. The van der Waals surface area contributed by atoms with Crippen LogP contribution in [0.1, 0.15) is 25.3 Å². The second-order valence-corrected chi connectivity index (χ2v) is 6.64. The molecule has 0 aliphatic carbocycles. The summed E-state index contributed by atoms with van der Waals surface area (Å²) in [4.78, 5) is 26.1. The van der Waals surface area contributed by atoms with Crippen LogP contribution in [-0.2, 0) is 14.3 Å². The summed E-state index contributed by atoms with van der Waals surface area (Å²) in [5.41, 5.74) is 0.756. The van der Waals surface area contributed by atoms with Crippen LogP contribution in [0, 0.1) is 5.92 Å². The van der Waals surface area contributed by atoms with Gasteiger partial charge < -0.3 is 19.1 Å². The number of benzene rings is 1. The van der Waals surface area contributed by atoms with Crippen LogP contribution in [0.2, 0.25) is 5.02 Å². The van der Waals surface area contributed by atoms with Gasteiger partial charge in [0.05, 0.1) is 17.5 Å². The first-order valence-corrected chi connectivity index (χ1v) is 9.19. The predicted molar refractivity (Wildman–Crippen MR) is 97.4 cm³/mol. The lowest BCUT2D eigenvalue weighted by atomic mass is 9.98. The van der Waals surface area contributed by atoms with Crippen LogP contribution in [0.3, 0.4) is 0 Å². The molecule has 2 heterocycles. The van der Waals surface area contributed by atoms with E-state index in [-0.39, 0.29) is 17.8 Å². The van der Waals surface area contributed by atoms with Crippen molar-refractivity contribution in [2.24, 2.45) is 5.92 Å². The van der Waals surface area contributed by atoms with E-state index in [0.717, 1.165) is 18.4 Å². The number of carbonyl (C=O) groups is 2. The number of halogens is 1. The van der Waals surface area contributed by atoms with Crippen molar-refractivity contribution in [1.29, 1.82) is 0 Å². The minimum atomic E-state index is -0.246. The predicted octanol–water partition coefficient (Wildman–Crippen LogP) is 2.93. The topological polar surface area (TPSA) is 65.1 Å². The number of likely N-dealkylation sites (tertiary alicyclic amines) is 1. The van der Waals surface area contributed by atoms with E-state index in [1.807, 2.05) is 0 Å². The maximum absolute atomic E-state index is 12.5. The Morgan fingerprint density at radius 2 is 2.15 bits per heavy atom. The van der Waals surface area contributed by atoms with Crippen LogP contribution in [-0.4, -0.2) is 49.7 Å². The summed E-state index contributed by atoms with van der Waals surface area (Å²) >= 11 is 6.21. The summed E-state index contributed by atoms with van der Waals surface area (Å²) in [6.45, 7) is 4.11. The Balaban J connectivity index is 1.66. The Hall–Kier alpha value is -2.21. The fourth-order valence-electron chi connectivity index (χ4n) is 3.13. The average molecular weight is 380 g/mol. The van der Waals surface area contributed by atoms with Gasteiger partial charge in [0.1, 0.15) is 13.2 Å². The van der Waals surface area contributed by atoms with Gasteiger partial charge in [-0.1, -0.05) is 11.6 Å². The van der Waals surface area contributed by atoms with E-state index >= 15 is 0 Å². The summed E-state index contributed by atoms with van der Waals surface area (Å²) in [6.07, 6.45) is 4.73. The Bertz CT molecular complexity index is 718. The molecule has 26 heavy (non-hydrogen) atoms. The number of esters is 1. The first-order chi connectivity index (χ1) is 12.6. The Kier molecular flexibility index (Phi) is 6.04. The largest absolute Gasteiger partial charge is 0.486 e. The molecule has 1 saturated heterocycles. The van der Waals surface area contributed by atoms with Gasteiger partial charge in [-0.15, -0.1) is 0 Å². The molecule has 2 aliphatic rings. The van der Waals surface area contributed by atoms with E-state index in [1.165, 1.54) is 6.08 Å². The SMILES string of the molecule is CCOC(=O)[C@H]1CCCN(C(=O)/C=C/c2cc(Cl)c3c(c2)OCCO3)C1. The number of fused-ring (bicyclic) bond motifs is 1. The molecule has 7 heteroatoms. The molecular weight excluding hydrogens is 358 g/mol. The van der Waals surface area contributed by atoms with E-state index in [1.54, 1.807) is 30.0 Å². The van der Waals surface area contributed by atoms with Crippen LogP contribution in [0.25, 0.3) is 6.08 Å². The van der Waals surface area contributed by atoms with Crippen molar-refractivity contribution < 1.29 is 23.8 Å². The monoisotopic (exact) mass is 379 g/mol. The molecule has 1 aromatic rings. The van der Waals surface area contributed by atoms with Gasteiger partial charge in [0.2, 0.25) is 5.91 Å². The molecule has 1 amide bonds. The van der Waals surface area contributed by atoms with Crippen LogP contribution in [0.15, 0.2) is 18.2 Å². The van der Waals surface area contributed by atoms with Gasteiger partial charge in [-0.2, -0.15) is 0 Å². The molecule has 0 aromatic heterocycles. The molecule has 6 nitrogen and oxygen atoms in total. The zero-order valence-corrected chi connectivity index (χ0v) is 15.5. The Labute approximate surface area is 157 Å². The molecule has 0 spiro atoms. The molecule has 0 N–H and O–H groups in total. The van der Waals surface area contributed by atoms with Crippen molar-refractivity contribution in [3.8, 4) is 11.5 Å². The Morgan fingerprint density at radius 1 is 1.35 bits per heavy atom. The zero-order valence-electron chi connectivity index (χ0n) is 14.7. The molecule has 0 saturated carbocycles. The fraction of sp³-hybridized carbons (Fsp3) is 0.474. The molecule has 140 valence electrons. The van der Waals surface area contributed by atoms with E-state index in [4.69, 9.17) is 25.8 Å². The molecular formula is C19H22ClNO5. The van der Waals surface area contributed by atoms with E-state index in [2.05, 4.69) is 0 Å². The highest BCUT2D eigenvalue weighted by atomic mass is 35.5. The highest BCUT2D eigenvalue weighted by Gasteiger charge is 2.28. The maximum Gasteiger partial charge on any atom is 0.310 e. The minimum absolute atomic E-state index is 0.134. The number of piperidine rings is 1. The molecule has 3 rings (SSSR count). The molecule has 1 fully saturated rings. The second kappa shape index (κ2) is 8.45. The van der Waals surface area contributed by atoms with Gasteiger partial charge in [0.15, 0.2) is 11.5 Å². The van der Waals surface area contributed by atoms with Crippen LogP contribution in [0.5, 0.6) is 11.5 Å². The molecule has 1 aromatic carbocycles. The van der Waals surface area contributed by atoms with E-state index < -0.39 is 0 Å². The van der Waals surface area contributed by atoms with Crippen LogP contribution < -0.4 is 9.47 Å². The number of amides is 1. The third kappa shape index (κ3) is 4.30. The smallest absolute Gasteiger partial charge is 0.310 e. The van der Waals surface area contributed by atoms with Crippen molar-refractivity contribution in [1.82, 2.24) is 4.90 Å². The van der Waals surface area contributed by atoms with Crippen molar-refractivity contribution in [2.75, 3.05) is 32.9 Å². The summed E-state index contributed by atoms with van der Waals surface area (Å²) < 4.78 is 16.1. The maximum atomic E-state index is 12.5. The average Bonchev–Trinajstić information content (AvgIpc) is 2.66. The number of ether oxygens (including phenoxy) is 3. The third-order valence-electron chi connectivity index (χ3n) is 4.39.